The van der Waals surface area contributed by atoms with Crippen molar-refractivity contribution < 1.29 is 13.2 Å². The molecule has 2 aromatic rings. The Labute approximate surface area is 136 Å². The maximum Gasteiger partial charge on any atom is 0.255 e. The smallest absolute Gasteiger partial charge is 0.255 e. The third kappa shape index (κ3) is 3.97. The lowest BCUT2D eigenvalue weighted by Crippen LogP contribution is -2.20. The monoisotopic (exact) mass is 332 g/mol. The van der Waals surface area contributed by atoms with Crippen molar-refractivity contribution in [3.05, 3.63) is 59.2 Å². The highest BCUT2D eigenvalue weighted by Gasteiger charge is 2.16. The number of carbonyl (C=O) groups excluding carboxylic acids is 1. The van der Waals surface area contributed by atoms with Crippen molar-refractivity contribution in [2.45, 2.75) is 25.2 Å². The van der Waals surface area contributed by atoms with Gasteiger partial charge in [0, 0.05) is 11.3 Å². The Morgan fingerprint density at radius 3 is 2.30 bits per heavy atom. The summed E-state index contributed by atoms with van der Waals surface area (Å²) in [7, 11) is -2.25. The summed E-state index contributed by atoms with van der Waals surface area (Å²) in [5.41, 5.74) is 2.90. The summed E-state index contributed by atoms with van der Waals surface area (Å²) >= 11 is 0. The van der Waals surface area contributed by atoms with Crippen LogP contribution in [0.3, 0.4) is 0 Å². The van der Waals surface area contributed by atoms with Gasteiger partial charge in [0.15, 0.2) is 0 Å². The first-order chi connectivity index (χ1) is 10.9. The zero-order valence-electron chi connectivity index (χ0n) is 13.4. The predicted octanol–water partition coefficient (Wildman–Crippen LogP) is 2.72. The minimum Gasteiger partial charge on any atom is -0.322 e. The van der Waals surface area contributed by atoms with E-state index in [-0.39, 0.29) is 10.8 Å². The first kappa shape index (κ1) is 17.2. The van der Waals surface area contributed by atoms with E-state index in [9.17, 15) is 13.2 Å². The lowest BCUT2D eigenvalue weighted by atomic mass is 10.1. The Morgan fingerprint density at radius 1 is 1.09 bits per heavy atom. The van der Waals surface area contributed by atoms with E-state index in [4.69, 9.17) is 0 Å². The van der Waals surface area contributed by atoms with Gasteiger partial charge in [0.25, 0.3) is 5.91 Å². The SMILES string of the molecule is CCc1ccc(NC(=O)c2cc(S(=O)(=O)NC)ccc2C)cc1. The first-order valence-corrected chi connectivity index (χ1v) is 8.80. The molecule has 0 bridgehead atoms. The van der Waals surface area contributed by atoms with Crippen molar-refractivity contribution >= 4 is 21.6 Å². The lowest BCUT2D eigenvalue weighted by molar-refractivity contribution is 0.102. The Bertz CT molecular complexity index is 812. The molecule has 0 heterocycles. The molecule has 122 valence electrons. The molecule has 2 aromatic carbocycles. The molecule has 0 atom stereocenters. The molecule has 0 aliphatic carbocycles. The molecule has 0 saturated carbocycles. The second kappa shape index (κ2) is 6.93. The number of nitrogens with one attached hydrogen (secondary N) is 2. The van der Waals surface area contributed by atoms with Crippen LogP contribution in [0.15, 0.2) is 47.4 Å². The number of aryl methyl sites for hydroxylation is 2. The molecule has 0 aliphatic rings. The van der Waals surface area contributed by atoms with E-state index in [2.05, 4.69) is 17.0 Å². The fourth-order valence-electron chi connectivity index (χ4n) is 2.15. The minimum absolute atomic E-state index is 0.0667. The Morgan fingerprint density at radius 2 is 1.74 bits per heavy atom. The topological polar surface area (TPSA) is 75.3 Å². The van der Waals surface area contributed by atoms with E-state index in [1.165, 1.54) is 24.7 Å². The summed E-state index contributed by atoms with van der Waals surface area (Å²) in [5, 5.41) is 2.79. The van der Waals surface area contributed by atoms with Gasteiger partial charge in [0.2, 0.25) is 10.0 Å². The molecule has 0 fully saturated rings. The minimum atomic E-state index is -3.58. The van der Waals surface area contributed by atoms with Crippen LogP contribution in [0.5, 0.6) is 0 Å². The maximum atomic E-state index is 12.4. The van der Waals surface area contributed by atoms with Crippen LogP contribution in [0.2, 0.25) is 0 Å². The number of sulfonamides is 1. The number of amides is 1. The average Bonchev–Trinajstić information content (AvgIpc) is 2.55. The Balaban J connectivity index is 2.29. The highest BCUT2D eigenvalue weighted by atomic mass is 32.2. The van der Waals surface area contributed by atoms with Crippen LogP contribution >= 0.6 is 0 Å². The van der Waals surface area contributed by atoms with Gasteiger partial charge in [0.1, 0.15) is 0 Å². The zero-order valence-corrected chi connectivity index (χ0v) is 14.2. The second-order valence-electron chi connectivity index (χ2n) is 5.19. The van der Waals surface area contributed by atoms with E-state index >= 15 is 0 Å². The van der Waals surface area contributed by atoms with Crippen LogP contribution in [-0.2, 0) is 16.4 Å². The third-order valence-corrected chi connectivity index (χ3v) is 5.06. The second-order valence-corrected chi connectivity index (χ2v) is 7.08. The molecule has 6 heteroatoms. The van der Waals surface area contributed by atoms with Gasteiger partial charge >= 0.3 is 0 Å². The first-order valence-electron chi connectivity index (χ1n) is 7.32. The van der Waals surface area contributed by atoms with Crippen molar-refractivity contribution in [2.24, 2.45) is 0 Å². The van der Waals surface area contributed by atoms with Gasteiger partial charge in [-0.05, 0) is 55.8 Å². The molecule has 0 aliphatic heterocycles. The standard InChI is InChI=1S/C17H20N2O3S/c1-4-13-6-8-14(9-7-13)19-17(20)16-11-15(10-5-12(16)2)23(21,22)18-3/h5-11,18H,4H2,1-3H3,(H,19,20). The molecule has 0 spiro atoms. The fraction of sp³-hybridized carbons (Fsp3) is 0.235. The molecule has 0 aromatic heterocycles. The van der Waals surface area contributed by atoms with E-state index in [1.807, 2.05) is 24.3 Å². The van der Waals surface area contributed by atoms with E-state index in [1.54, 1.807) is 13.0 Å². The molecule has 1 amide bonds. The Hall–Kier alpha value is -2.18. The Kier molecular flexibility index (Phi) is 5.18. The van der Waals surface area contributed by atoms with Gasteiger partial charge in [-0.1, -0.05) is 25.1 Å². The van der Waals surface area contributed by atoms with Gasteiger partial charge in [-0.3, -0.25) is 4.79 Å². The van der Waals surface area contributed by atoms with Crippen molar-refractivity contribution in [1.82, 2.24) is 4.72 Å². The van der Waals surface area contributed by atoms with Crippen molar-refractivity contribution in [1.29, 1.82) is 0 Å². The molecular formula is C17H20N2O3S. The lowest BCUT2D eigenvalue weighted by Gasteiger charge is -2.10. The van der Waals surface area contributed by atoms with Gasteiger partial charge < -0.3 is 5.32 Å². The number of benzene rings is 2. The molecule has 2 N–H and O–H groups in total. The van der Waals surface area contributed by atoms with Gasteiger partial charge in [-0.2, -0.15) is 0 Å². The van der Waals surface area contributed by atoms with Crippen molar-refractivity contribution in [3.63, 3.8) is 0 Å². The summed E-state index contributed by atoms with van der Waals surface area (Å²) in [6.45, 7) is 3.83. The third-order valence-electron chi connectivity index (χ3n) is 3.65. The van der Waals surface area contributed by atoms with Crippen molar-refractivity contribution in [3.8, 4) is 0 Å². The van der Waals surface area contributed by atoms with Crippen LogP contribution in [0, 0.1) is 6.92 Å². The summed E-state index contributed by atoms with van der Waals surface area (Å²) in [4.78, 5) is 12.5. The highest BCUT2D eigenvalue weighted by Crippen LogP contribution is 2.18. The molecular weight excluding hydrogens is 312 g/mol. The van der Waals surface area contributed by atoms with Crippen LogP contribution in [0.4, 0.5) is 5.69 Å². The van der Waals surface area contributed by atoms with Gasteiger partial charge in [0.05, 0.1) is 4.90 Å². The van der Waals surface area contributed by atoms with Gasteiger partial charge in [-0.15, -0.1) is 0 Å². The van der Waals surface area contributed by atoms with E-state index in [0.717, 1.165) is 6.42 Å². The largest absolute Gasteiger partial charge is 0.322 e. The van der Waals surface area contributed by atoms with Crippen LogP contribution in [0.25, 0.3) is 0 Å². The normalized spacial score (nSPS) is 11.3. The number of anilines is 1. The molecule has 0 saturated heterocycles. The summed E-state index contributed by atoms with van der Waals surface area (Å²) in [6, 6.07) is 12.1. The fourth-order valence-corrected chi connectivity index (χ4v) is 2.91. The number of hydrogen-bond acceptors (Lipinski definition) is 3. The summed E-state index contributed by atoms with van der Waals surface area (Å²) in [5.74, 6) is -0.333. The van der Waals surface area contributed by atoms with Crippen molar-refractivity contribution in [2.75, 3.05) is 12.4 Å². The summed E-state index contributed by atoms with van der Waals surface area (Å²) in [6.07, 6.45) is 0.928. The zero-order chi connectivity index (χ0) is 17.0. The van der Waals surface area contributed by atoms with Crippen LogP contribution in [0.1, 0.15) is 28.4 Å². The molecule has 5 nitrogen and oxygen atoms in total. The molecule has 2 rings (SSSR count). The number of hydrogen-bond donors (Lipinski definition) is 2. The molecule has 0 unspecified atom stereocenters. The molecule has 23 heavy (non-hydrogen) atoms. The van der Waals surface area contributed by atoms with Crippen LogP contribution < -0.4 is 10.0 Å². The number of rotatable bonds is 5. The van der Waals surface area contributed by atoms with E-state index in [0.29, 0.717) is 16.8 Å². The molecule has 0 radical (unpaired) electrons. The van der Waals surface area contributed by atoms with E-state index < -0.39 is 10.0 Å². The maximum absolute atomic E-state index is 12.4. The highest BCUT2D eigenvalue weighted by molar-refractivity contribution is 7.89. The number of carbonyl (C=O) groups is 1. The predicted molar refractivity (Wildman–Crippen MR) is 91.2 cm³/mol. The van der Waals surface area contributed by atoms with Gasteiger partial charge in [-0.25, -0.2) is 13.1 Å². The quantitative estimate of drug-likeness (QED) is 0.884. The average molecular weight is 332 g/mol. The summed E-state index contributed by atoms with van der Waals surface area (Å²) < 4.78 is 26.0. The van der Waals surface area contributed by atoms with Crippen LogP contribution in [-0.4, -0.2) is 21.4 Å².